The summed E-state index contributed by atoms with van der Waals surface area (Å²) in [5, 5.41) is 10.1. The van der Waals surface area contributed by atoms with Crippen molar-refractivity contribution < 1.29 is 18.3 Å². The quantitative estimate of drug-likeness (QED) is 0.844. The number of hydrogen-bond donors (Lipinski definition) is 1. The van der Waals surface area contributed by atoms with Gasteiger partial charge in [0.15, 0.2) is 14.0 Å². The Hall–Kier alpha value is -0.780. The Morgan fingerprint density at radius 2 is 1.89 bits per heavy atom. The molecule has 4 nitrogen and oxygen atoms in total. The summed E-state index contributed by atoms with van der Waals surface area (Å²) in [4.78, 5) is 0. The first-order chi connectivity index (χ1) is 8.26. The largest absolute Gasteiger partial charge is 0.497 e. The monoisotopic (exact) mass is 292 g/mol. The fraction of sp³-hybridized carbons (Fsp3) is 0.500. The van der Waals surface area contributed by atoms with Crippen LogP contribution in [-0.2, 0) is 9.84 Å². The van der Waals surface area contributed by atoms with E-state index in [0.717, 1.165) is 0 Å². The molecule has 0 aromatic heterocycles. The van der Waals surface area contributed by atoms with E-state index in [9.17, 15) is 13.5 Å². The molecule has 2 atom stereocenters. The summed E-state index contributed by atoms with van der Waals surface area (Å²) in [5.74, 6) is 0.501. The zero-order valence-electron chi connectivity index (χ0n) is 10.6. The van der Waals surface area contributed by atoms with Gasteiger partial charge < -0.3 is 9.84 Å². The number of alkyl halides is 1. The first-order valence-electron chi connectivity index (χ1n) is 5.49. The molecule has 0 aliphatic rings. The van der Waals surface area contributed by atoms with Gasteiger partial charge in [-0.25, -0.2) is 8.42 Å². The van der Waals surface area contributed by atoms with Gasteiger partial charge in [-0.3, -0.25) is 0 Å². The second kappa shape index (κ2) is 5.47. The Balaban J connectivity index is 3.09. The van der Waals surface area contributed by atoms with Crippen molar-refractivity contribution in [2.24, 2.45) is 0 Å². The molecular formula is C12H17ClO4S. The first kappa shape index (κ1) is 15.3. The molecule has 1 aromatic carbocycles. The highest BCUT2D eigenvalue weighted by atomic mass is 35.5. The number of benzene rings is 1. The summed E-state index contributed by atoms with van der Waals surface area (Å²) in [6, 6.07) is 6.47. The Bertz CT molecular complexity index is 493. The van der Waals surface area contributed by atoms with Gasteiger partial charge in [-0.1, -0.05) is 30.7 Å². The number of aliphatic hydroxyl groups excluding tert-OH is 1. The Morgan fingerprint density at radius 1 is 1.39 bits per heavy atom. The van der Waals surface area contributed by atoms with E-state index < -0.39 is 20.1 Å². The molecule has 0 saturated heterocycles. The van der Waals surface area contributed by atoms with Crippen LogP contribution in [0.2, 0.25) is 0 Å². The number of ether oxygens (including phenoxy) is 1. The molecule has 1 rings (SSSR count). The topological polar surface area (TPSA) is 63.6 Å². The van der Waals surface area contributed by atoms with Gasteiger partial charge in [0.2, 0.25) is 0 Å². The molecule has 102 valence electrons. The second-order valence-electron chi connectivity index (χ2n) is 4.07. The predicted octanol–water partition coefficient (Wildman–Crippen LogP) is 2.12. The predicted molar refractivity (Wildman–Crippen MR) is 71.7 cm³/mol. The normalized spacial score (nSPS) is 16.9. The van der Waals surface area contributed by atoms with E-state index in [0.29, 0.717) is 11.3 Å². The average molecular weight is 293 g/mol. The van der Waals surface area contributed by atoms with Crippen LogP contribution in [0.25, 0.3) is 0 Å². The molecule has 0 aliphatic carbocycles. The van der Waals surface area contributed by atoms with Crippen molar-refractivity contribution in [3.8, 4) is 5.75 Å². The minimum Gasteiger partial charge on any atom is -0.497 e. The fourth-order valence-corrected chi connectivity index (χ4v) is 3.03. The van der Waals surface area contributed by atoms with Crippen LogP contribution in [0.4, 0.5) is 0 Å². The van der Waals surface area contributed by atoms with Crippen LogP contribution in [0.15, 0.2) is 24.3 Å². The summed E-state index contributed by atoms with van der Waals surface area (Å²) in [6.07, 6.45) is -1.30. The minimum absolute atomic E-state index is 0.125. The maximum Gasteiger partial charge on any atom is 0.172 e. The molecule has 0 amide bonds. The van der Waals surface area contributed by atoms with E-state index >= 15 is 0 Å². The summed E-state index contributed by atoms with van der Waals surface area (Å²) in [6.45, 7) is 2.80. The molecule has 0 saturated carbocycles. The molecule has 1 aromatic rings. The van der Waals surface area contributed by atoms with Gasteiger partial charge in [0.25, 0.3) is 0 Å². The van der Waals surface area contributed by atoms with E-state index in [4.69, 9.17) is 16.3 Å². The molecule has 6 heteroatoms. The van der Waals surface area contributed by atoms with E-state index in [-0.39, 0.29) is 5.75 Å². The molecule has 18 heavy (non-hydrogen) atoms. The van der Waals surface area contributed by atoms with Crippen LogP contribution in [0, 0.1) is 0 Å². The third-order valence-electron chi connectivity index (χ3n) is 2.91. The smallest absolute Gasteiger partial charge is 0.172 e. The lowest BCUT2D eigenvalue weighted by Gasteiger charge is -2.27. The first-order valence-corrected chi connectivity index (χ1v) is 7.52. The molecule has 0 radical (unpaired) electrons. The standard InChI is InChI=1S/C12H17ClO4S/c1-4-18(15,16)12(2,13)11(14)9-5-7-10(17-3)8-6-9/h5-8,11,14H,4H2,1-3H3/t11-,12+/m0/s1. The lowest BCUT2D eigenvalue weighted by molar-refractivity contribution is 0.162. The van der Waals surface area contributed by atoms with Crippen LogP contribution >= 0.6 is 11.6 Å². The molecule has 0 aliphatic heterocycles. The number of halogens is 1. The van der Waals surface area contributed by atoms with Gasteiger partial charge in [-0.05, 0) is 24.6 Å². The van der Waals surface area contributed by atoms with E-state index in [1.165, 1.54) is 21.0 Å². The van der Waals surface area contributed by atoms with Crippen molar-refractivity contribution in [2.45, 2.75) is 24.2 Å². The van der Waals surface area contributed by atoms with Crippen molar-refractivity contribution in [1.29, 1.82) is 0 Å². The van der Waals surface area contributed by atoms with Gasteiger partial charge in [0, 0.05) is 5.75 Å². The van der Waals surface area contributed by atoms with Crippen LogP contribution in [0.3, 0.4) is 0 Å². The zero-order valence-corrected chi connectivity index (χ0v) is 12.1. The summed E-state index contributed by atoms with van der Waals surface area (Å²) >= 11 is 6.02. The van der Waals surface area contributed by atoms with Crippen molar-refractivity contribution >= 4 is 21.4 Å². The van der Waals surface area contributed by atoms with Crippen molar-refractivity contribution in [2.75, 3.05) is 12.9 Å². The van der Waals surface area contributed by atoms with Crippen molar-refractivity contribution in [1.82, 2.24) is 0 Å². The third-order valence-corrected chi connectivity index (χ3v) is 6.02. The van der Waals surface area contributed by atoms with Crippen LogP contribution in [-0.4, -0.2) is 30.6 Å². The number of sulfone groups is 1. The van der Waals surface area contributed by atoms with Crippen molar-refractivity contribution in [3.63, 3.8) is 0 Å². The zero-order chi connectivity index (χ0) is 14.0. The molecule has 0 fully saturated rings. The molecular weight excluding hydrogens is 276 g/mol. The number of rotatable bonds is 5. The average Bonchev–Trinajstić information content (AvgIpc) is 2.37. The van der Waals surface area contributed by atoms with Gasteiger partial charge in [0.1, 0.15) is 11.9 Å². The SMILES string of the molecule is CCS(=O)(=O)[C@@](C)(Cl)[C@@H](O)c1ccc(OC)cc1. The summed E-state index contributed by atoms with van der Waals surface area (Å²) in [7, 11) is -2.05. The van der Waals surface area contributed by atoms with Gasteiger partial charge in [0.05, 0.1) is 7.11 Å². The number of methoxy groups -OCH3 is 1. The highest BCUT2D eigenvalue weighted by Crippen LogP contribution is 2.37. The lowest BCUT2D eigenvalue weighted by Crippen LogP contribution is -2.37. The van der Waals surface area contributed by atoms with E-state index in [1.807, 2.05) is 0 Å². The van der Waals surface area contributed by atoms with Crippen LogP contribution < -0.4 is 4.74 Å². The minimum atomic E-state index is -3.58. The molecule has 1 N–H and O–H groups in total. The summed E-state index contributed by atoms with van der Waals surface area (Å²) in [5.41, 5.74) is 0.435. The molecule has 0 bridgehead atoms. The second-order valence-corrected chi connectivity index (χ2v) is 7.73. The highest BCUT2D eigenvalue weighted by molar-refractivity contribution is 7.94. The number of hydrogen-bond acceptors (Lipinski definition) is 4. The molecule has 0 spiro atoms. The van der Waals surface area contributed by atoms with Crippen molar-refractivity contribution in [3.05, 3.63) is 29.8 Å². The van der Waals surface area contributed by atoms with Gasteiger partial charge >= 0.3 is 0 Å². The summed E-state index contributed by atoms with van der Waals surface area (Å²) < 4.78 is 26.9. The maximum absolute atomic E-state index is 11.8. The Morgan fingerprint density at radius 3 is 2.28 bits per heavy atom. The third kappa shape index (κ3) is 2.79. The maximum atomic E-state index is 11.8. The Labute approximate surface area is 112 Å². The molecule has 0 heterocycles. The van der Waals surface area contributed by atoms with Crippen LogP contribution in [0.1, 0.15) is 25.5 Å². The van der Waals surface area contributed by atoms with E-state index in [1.54, 1.807) is 24.3 Å². The van der Waals surface area contributed by atoms with E-state index in [2.05, 4.69) is 0 Å². The number of aliphatic hydroxyl groups is 1. The molecule has 0 unspecified atom stereocenters. The van der Waals surface area contributed by atoms with Gasteiger partial charge in [-0.15, -0.1) is 0 Å². The van der Waals surface area contributed by atoms with Crippen LogP contribution in [0.5, 0.6) is 5.75 Å². The van der Waals surface area contributed by atoms with Gasteiger partial charge in [-0.2, -0.15) is 0 Å². The fourth-order valence-electron chi connectivity index (χ4n) is 1.54. The lowest BCUT2D eigenvalue weighted by atomic mass is 10.1. The Kier molecular flexibility index (Phi) is 4.64. The highest BCUT2D eigenvalue weighted by Gasteiger charge is 2.43.